The highest BCUT2D eigenvalue weighted by atomic mass is 16.3. The van der Waals surface area contributed by atoms with Crippen LogP contribution < -0.4 is 5.32 Å². The first-order valence-electron chi connectivity index (χ1n) is 9.67. The van der Waals surface area contributed by atoms with Crippen molar-refractivity contribution in [1.82, 2.24) is 15.1 Å². The van der Waals surface area contributed by atoms with Crippen LogP contribution in [-0.4, -0.2) is 83.3 Å². The van der Waals surface area contributed by atoms with E-state index < -0.39 is 6.04 Å². The largest absolute Gasteiger partial charge is 0.394 e. The molecule has 0 bridgehead atoms. The molecule has 0 aromatic rings. The van der Waals surface area contributed by atoms with Gasteiger partial charge in [0.1, 0.15) is 0 Å². The van der Waals surface area contributed by atoms with E-state index in [2.05, 4.69) is 10.2 Å². The Hall–Kier alpha value is -1.18. The van der Waals surface area contributed by atoms with Crippen LogP contribution in [0.25, 0.3) is 0 Å². The van der Waals surface area contributed by atoms with Crippen molar-refractivity contribution < 1.29 is 19.8 Å². The van der Waals surface area contributed by atoms with E-state index in [1.807, 2.05) is 4.90 Å². The molecular weight excluding hydrogens is 322 g/mol. The number of piperidine rings is 2. The van der Waals surface area contributed by atoms with Crippen LogP contribution in [0.2, 0.25) is 0 Å². The maximum absolute atomic E-state index is 12.4. The van der Waals surface area contributed by atoms with E-state index in [-0.39, 0.29) is 25.0 Å². The first kappa shape index (κ1) is 18.6. The van der Waals surface area contributed by atoms with Gasteiger partial charge in [-0.2, -0.15) is 0 Å². The molecule has 0 spiro atoms. The fourth-order valence-electron chi connectivity index (χ4n) is 4.06. The van der Waals surface area contributed by atoms with E-state index in [0.29, 0.717) is 17.9 Å². The molecule has 2 amide bonds. The first-order valence-corrected chi connectivity index (χ1v) is 9.67. The normalized spacial score (nSPS) is 26.0. The van der Waals surface area contributed by atoms with E-state index in [1.165, 1.54) is 0 Å². The number of aliphatic hydroxyl groups is 2. The number of nitrogens with zero attached hydrogens (tertiary/aromatic N) is 2. The van der Waals surface area contributed by atoms with Crippen LogP contribution in [0.4, 0.5) is 0 Å². The van der Waals surface area contributed by atoms with Gasteiger partial charge in [-0.3, -0.25) is 14.5 Å². The number of hydrogen-bond acceptors (Lipinski definition) is 5. The van der Waals surface area contributed by atoms with Crippen LogP contribution >= 0.6 is 0 Å². The second kappa shape index (κ2) is 8.47. The minimum absolute atomic E-state index is 0.0702. The average Bonchev–Trinajstić information content (AvgIpc) is 3.51. The fraction of sp³-hybridized carbons (Fsp3) is 0.889. The van der Waals surface area contributed by atoms with E-state index in [9.17, 15) is 9.59 Å². The number of aliphatic hydroxyl groups excluding tert-OH is 2. The Morgan fingerprint density at radius 3 is 2.24 bits per heavy atom. The summed E-state index contributed by atoms with van der Waals surface area (Å²) in [5.74, 6) is 0.485. The van der Waals surface area contributed by atoms with Crippen LogP contribution in [0, 0.1) is 11.8 Å². The minimum atomic E-state index is -0.570. The van der Waals surface area contributed by atoms with Crippen molar-refractivity contribution in [1.29, 1.82) is 0 Å². The Kier molecular flexibility index (Phi) is 6.30. The maximum Gasteiger partial charge on any atom is 0.225 e. The number of rotatable bonds is 6. The number of carbonyl (C=O) groups is 2. The Morgan fingerprint density at radius 1 is 0.960 bits per heavy atom. The zero-order valence-corrected chi connectivity index (χ0v) is 14.9. The molecule has 3 N–H and O–H groups in total. The Labute approximate surface area is 149 Å². The van der Waals surface area contributed by atoms with Crippen molar-refractivity contribution in [2.45, 2.75) is 50.6 Å². The summed E-state index contributed by atoms with van der Waals surface area (Å²) in [5, 5.41) is 21.0. The second-order valence-electron chi connectivity index (χ2n) is 7.74. The molecule has 1 atom stereocenters. The molecular formula is C18H31N3O4. The molecule has 1 aliphatic carbocycles. The summed E-state index contributed by atoms with van der Waals surface area (Å²) in [6.07, 6.45) is 5.94. The lowest BCUT2D eigenvalue weighted by Gasteiger charge is -2.42. The number of nitrogens with one attached hydrogen (secondary N) is 1. The van der Waals surface area contributed by atoms with Crippen molar-refractivity contribution in [3.63, 3.8) is 0 Å². The molecule has 7 nitrogen and oxygen atoms in total. The summed E-state index contributed by atoms with van der Waals surface area (Å²) >= 11 is 0. The maximum atomic E-state index is 12.4. The van der Waals surface area contributed by atoms with Crippen LogP contribution in [-0.2, 0) is 9.59 Å². The summed E-state index contributed by atoms with van der Waals surface area (Å²) in [5.41, 5.74) is 0. The van der Waals surface area contributed by atoms with Gasteiger partial charge in [0.15, 0.2) is 0 Å². The number of hydrogen-bond donors (Lipinski definition) is 3. The molecule has 25 heavy (non-hydrogen) atoms. The molecule has 2 heterocycles. The van der Waals surface area contributed by atoms with E-state index in [4.69, 9.17) is 10.2 Å². The summed E-state index contributed by atoms with van der Waals surface area (Å²) in [7, 11) is 0. The Morgan fingerprint density at radius 2 is 1.64 bits per heavy atom. The summed E-state index contributed by atoms with van der Waals surface area (Å²) in [6.45, 7) is 2.93. The molecule has 0 unspecified atom stereocenters. The van der Waals surface area contributed by atoms with Gasteiger partial charge < -0.3 is 20.4 Å². The van der Waals surface area contributed by atoms with Gasteiger partial charge in [0.2, 0.25) is 11.8 Å². The van der Waals surface area contributed by atoms with Gasteiger partial charge in [-0.1, -0.05) is 0 Å². The lowest BCUT2D eigenvalue weighted by molar-refractivity contribution is -0.134. The summed E-state index contributed by atoms with van der Waals surface area (Å²) in [4.78, 5) is 29.0. The second-order valence-corrected chi connectivity index (χ2v) is 7.74. The molecule has 0 radical (unpaired) electrons. The van der Waals surface area contributed by atoms with E-state index in [1.54, 1.807) is 0 Å². The van der Waals surface area contributed by atoms with Gasteiger partial charge in [-0.05, 0) is 45.1 Å². The van der Waals surface area contributed by atoms with Crippen molar-refractivity contribution in [3.8, 4) is 0 Å². The van der Waals surface area contributed by atoms with Crippen molar-refractivity contribution in [2.75, 3.05) is 39.4 Å². The van der Waals surface area contributed by atoms with Gasteiger partial charge in [0, 0.05) is 31.6 Å². The smallest absolute Gasteiger partial charge is 0.225 e. The van der Waals surface area contributed by atoms with Gasteiger partial charge in [0.25, 0.3) is 0 Å². The van der Waals surface area contributed by atoms with Crippen molar-refractivity contribution in [2.24, 2.45) is 11.8 Å². The van der Waals surface area contributed by atoms with Crippen molar-refractivity contribution >= 4 is 11.8 Å². The molecule has 3 fully saturated rings. The SMILES string of the molecule is O=C(NC(CO)CO)[C@H]1CCCN(C2CCN(C(=O)C3CC3)CC2)C1. The highest BCUT2D eigenvalue weighted by Crippen LogP contribution is 2.32. The molecule has 3 rings (SSSR count). The number of amides is 2. The van der Waals surface area contributed by atoms with Gasteiger partial charge in [-0.25, -0.2) is 0 Å². The minimum Gasteiger partial charge on any atom is -0.394 e. The van der Waals surface area contributed by atoms with Crippen LogP contribution in [0.3, 0.4) is 0 Å². The molecule has 1 saturated carbocycles. The quantitative estimate of drug-likeness (QED) is 0.602. The predicted octanol–water partition coefficient (Wildman–Crippen LogP) is -0.431. The lowest BCUT2D eigenvalue weighted by atomic mass is 9.93. The van der Waals surface area contributed by atoms with Gasteiger partial charge >= 0.3 is 0 Å². The third kappa shape index (κ3) is 4.71. The molecule has 0 aromatic heterocycles. The number of likely N-dealkylation sites (tertiary alicyclic amines) is 2. The molecule has 3 aliphatic rings. The van der Waals surface area contributed by atoms with Gasteiger partial charge in [0.05, 0.1) is 25.2 Å². The van der Waals surface area contributed by atoms with E-state index in [0.717, 1.165) is 64.7 Å². The molecule has 7 heteroatoms. The Bertz CT molecular complexity index is 471. The summed E-state index contributed by atoms with van der Waals surface area (Å²) in [6, 6.07) is -0.120. The highest BCUT2D eigenvalue weighted by Gasteiger charge is 2.37. The van der Waals surface area contributed by atoms with Crippen LogP contribution in [0.1, 0.15) is 38.5 Å². The fourth-order valence-corrected chi connectivity index (χ4v) is 4.06. The first-order chi connectivity index (χ1) is 12.1. The topological polar surface area (TPSA) is 93.1 Å². The molecule has 2 aliphatic heterocycles. The zero-order chi connectivity index (χ0) is 17.8. The molecule has 0 aromatic carbocycles. The van der Waals surface area contributed by atoms with Crippen LogP contribution in [0.15, 0.2) is 0 Å². The highest BCUT2D eigenvalue weighted by molar-refractivity contribution is 5.81. The van der Waals surface area contributed by atoms with Crippen molar-refractivity contribution in [3.05, 3.63) is 0 Å². The standard InChI is InChI=1S/C18H31N3O4/c22-11-15(12-23)19-17(24)14-2-1-7-21(10-14)16-5-8-20(9-6-16)18(25)13-3-4-13/h13-16,22-23H,1-12H2,(H,19,24)/t14-/m0/s1. The third-order valence-electron chi connectivity index (χ3n) is 5.83. The summed E-state index contributed by atoms with van der Waals surface area (Å²) < 4.78 is 0. The average molecular weight is 353 g/mol. The number of carbonyl (C=O) groups excluding carboxylic acids is 2. The molecule has 2 saturated heterocycles. The Balaban J connectivity index is 1.46. The van der Waals surface area contributed by atoms with Crippen LogP contribution in [0.5, 0.6) is 0 Å². The zero-order valence-electron chi connectivity index (χ0n) is 14.9. The third-order valence-corrected chi connectivity index (χ3v) is 5.83. The predicted molar refractivity (Wildman–Crippen MR) is 92.7 cm³/mol. The molecule has 142 valence electrons. The van der Waals surface area contributed by atoms with E-state index >= 15 is 0 Å². The lowest BCUT2D eigenvalue weighted by Crippen LogP contribution is -2.53. The monoisotopic (exact) mass is 353 g/mol. The van der Waals surface area contributed by atoms with Gasteiger partial charge in [-0.15, -0.1) is 0 Å².